The third kappa shape index (κ3) is 2.23. The summed E-state index contributed by atoms with van der Waals surface area (Å²) in [6, 6.07) is 0. The lowest BCUT2D eigenvalue weighted by molar-refractivity contribution is -0.121. The van der Waals surface area contributed by atoms with Crippen LogP contribution in [0.5, 0.6) is 0 Å². The van der Waals surface area contributed by atoms with Gasteiger partial charge in [0.15, 0.2) is 0 Å². The van der Waals surface area contributed by atoms with Gasteiger partial charge in [0.1, 0.15) is 5.54 Å². The molecular formula is C9H15ClN2O3S. The summed E-state index contributed by atoms with van der Waals surface area (Å²) in [5, 5.41) is -0.397. The van der Waals surface area contributed by atoms with Gasteiger partial charge in [0, 0.05) is 5.92 Å². The lowest BCUT2D eigenvalue weighted by Crippen LogP contribution is -2.47. The first-order chi connectivity index (χ1) is 6.90. The van der Waals surface area contributed by atoms with Gasteiger partial charge in [-0.25, -0.2) is 8.42 Å². The van der Waals surface area contributed by atoms with Gasteiger partial charge in [-0.2, -0.15) is 0 Å². The fraction of sp³-hybridized carbons (Fsp3) is 0.667. The smallest absolute Gasteiger partial charge is 0.254 e. The highest BCUT2D eigenvalue weighted by molar-refractivity contribution is 7.90. The highest BCUT2D eigenvalue weighted by Gasteiger charge is 2.56. The van der Waals surface area contributed by atoms with E-state index in [4.69, 9.17) is 5.73 Å². The Morgan fingerprint density at radius 2 is 2.06 bits per heavy atom. The lowest BCUT2D eigenvalue weighted by atomic mass is 10.2. The van der Waals surface area contributed by atoms with E-state index >= 15 is 0 Å². The molecule has 2 fully saturated rings. The minimum absolute atomic E-state index is 0. The molecule has 0 spiro atoms. The molecule has 2 aliphatic carbocycles. The van der Waals surface area contributed by atoms with Gasteiger partial charge in [-0.05, 0) is 19.3 Å². The van der Waals surface area contributed by atoms with Crippen LogP contribution in [0.2, 0.25) is 0 Å². The average Bonchev–Trinajstić information content (AvgIpc) is 2.97. The van der Waals surface area contributed by atoms with Crippen LogP contribution in [0.1, 0.15) is 19.3 Å². The largest absolute Gasteiger partial charge is 0.317 e. The molecule has 3 N–H and O–H groups in total. The molecule has 0 heterocycles. The van der Waals surface area contributed by atoms with Gasteiger partial charge in [0.2, 0.25) is 10.0 Å². The standard InChI is InChI=1S/C9H14N2O3S.ClH/c1-2-6-5-9(6,10)8(12)11-15(13,14)7-3-4-7;/h2,6-7H,1,3-5,10H2,(H,11,12);1H/t6-,9+;/m0./s1. The maximum atomic E-state index is 11.6. The van der Waals surface area contributed by atoms with E-state index in [-0.39, 0.29) is 18.3 Å². The van der Waals surface area contributed by atoms with Gasteiger partial charge >= 0.3 is 0 Å². The van der Waals surface area contributed by atoms with E-state index in [9.17, 15) is 13.2 Å². The Hall–Kier alpha value is -0.590. The molecule has 2 saturated carbocycles. The van der Waals surface area contributed by atoms with Crippen molar-refractivity contribution in [2.75, 3.05) is 0 Å². The molecule has 0 radical (unpaired) electrons. The van der Waals surface area contributed by atoms with Crippen LogP contribution in [-0.4, -0.2) is 25.1 Å². The summed E-state index contributed by atoms with van der Waals surface area (Å²) < 4.78 is 25.0. The van der Waals surface area contributed by atoms with Gasteiger partial charge in [-0.3, -0.25) is 9.52 Å². The molecular weight excluding hydrogens is 252 g/mol. The van der Waals surface area contributed by atoms with Crippen LogP contribution >= 0.6 is 12.4 Å². The minimum atomic E-state index is -3.47. The zero-order valence-corrected chi connectivity index (χ0v) is 10.3. The predicted octanol–water partition coefficient (Wildman–Crippen LogP) is -0.0800. The van der Waals surface area contributed by atoms with Crippen molar-refractivity contribution in [1.29, 1.82) is 0 Å². The molecule has 2 atom stereocenters. The van der Waals surface area contributed by atoms with Crippen LogP contribution in [0.4, 0.5) is 0 Å². The van der Waals surface area contributed by atoms with E-state index in [1.165, 1.54) is 0 Å². The maximum absolute atomic E-state index is 11.6. The Kier molecular flexibility index (Phi) is 3.38. The molecule has 92 valence electrons. The Morgan fingerprint density at radius 1 is 1.50 bits per heavy atom. The van der Waals surface area contributed by atoms with Crippen LogP contribution < -0.4 is 10.5 Å². The van der Waals surface area contributed by atoms with Crippen molar-refractivity contribution in [3.8, 4) is 0 Å². The molecule has 16 heavy (non-hydrogen) atoms. The van der Waals surface area contributed by atoms with Crippen molar-refractivity contribution in [3.05, 3.63) is 12.7 Å². The first kappa shape index (κ1) is 13.5. The fourth-order valence-electron chi connectivity index (χ4n) is 1.55. The number of nitrogens with one attached hydrogen (secondary N) is 1. The van der Waals surface area contributed by atoms with Crippen molar-refractivity contribution in [3.63, 3.8) is 0 Å². The van der Waals surface area contributed by atoms with Crippen molar-refractivity contribution >= 4 is 28.3 Å². The highest BCUT2D eigenvalue weighted by Crippen LogP contribution is 2.42. The number of nitrogens with two attached hydrogens (primary N) is 1. The summed E-state index contributed by atoms with van der Waals surface area (Å²) in [6.07, 6.45) is 3.32. The number of carbonyl (C=O) groups is 1. The van der Waals surface area contributed by atoms with Crippen LogP contribution in [0.3, 0.4) is 0 Å². The summed E-state index contributed by atoms with van der Waals surface area (Å²) in [7, 11) is -3.47. The summed E-state index contributed by atoms with van der Waals surface area (Å²) in [4.78, 5) is 11.6. The average molecular weight is 267 g/mol. The maximum Gasteiger partial charge on any atom is 0.254 e. The summed E-state index contributed by atoms with van der Waals surface area (Å²) in [6.45, 7) is 3.54. The quantitative estimate of drug-likeness (QED) is 0.697. The Bertz CT molecular complexity index is 418. The lowest BCUT2D eigenvalue weighted by Gasteiger charge is -2.11. The molecule has 1 amide bonds. The number of carbonyl (C=O) groups excluding carboxylic acids is 1. The van der Waals surface area contributed by atoms with Crippen molar-refractivity contribution < 1.29 is 13.2 Å². The van der Waals surface area contributed by atoms with E-state index < -0.39 is 26.7 Å². The molecule has 0 aromatic rings. The molecule has 0 aromatic heterocycles. The van der Waals surface area contributed by atoms with E-state index in [0.29, 0.717) is 19.3 Å². The van der Waals surface area contributed by atoms with Gasteiger partial charge in [-0.15, -0.1) is 19.0 Å². The van der Waals surface area contributed by atoms with Crippen LogP contribution in [-0.2, 0) is 14.8 Å². The molecule has 2 rings (SSSR count). The number of amides is 1. The SMILES string of the molecule is C=C[C@H]1C[C@]1(N)C(=O)NS(=O)(=O)C1CC1.Cl. The van der Waals surface area contributed by atoms with Crippen LogP contribution in [0, 0.1) is 5.92 Å². The van der Waals surface area contributed by atoms with Crippen LogP contribution in [0.25, 0.3) is 0 Å². The van der Waals surface area contributed by atoms with E-state index in [1.807, 2.05) is 4.72 Å². The molecule has 0 unspecified atom stereocenters. The molecule has 0 aromatic carbocycles. The third-order valence-corrected chi connectivity index (χ3v) is 4.78. The monoisotopic (exact) mass is 266 g/mol. The minimum Gasteiger partial charge on any atom is -0.317 e. The van der Waals surface area contributed by atoms with Gasteiger partial charge in [0.25, 0.3) is 5.91 Å². The van der Waals surface area contributed by atoms with Crippen molar-refractivity contribution in [2.24, 2.45) is 11.7 Å². The molecule has 0 aliphatic heterocycles. The normalized spacial score (nSPS) is 32.4. The van der Waals surface area contributed by atoms with E-state index in [1.54, 1.807) is 6.08 Å². The molecule has 0 saturated heterocycles. The first-order valence-corrected chi connectivity index (χ1v) is 6.42. The molecule has 0 bridgehead atoms. The zero-order valence-electron chi connectivity index (χ0n) is 8.68. The predicted molar refractivity (Wildman–Crippen MR) is 62.6 cm³/mol. The third-order valence-electron chi connectivity index (χ3n) is 2.96. The Labute approximate surface area is 101 Å². The van der Waals surface area contributed by atoms with E-state index in [0.717, 1.165) is 0 Å². The molecule has 5 nitrogen and oxygen atoms in total. The van der Waals surface area contributed by atoms with Gasteiger partial charge in [-0.1, -0.05) is 6.08 Å². The number of rotatable bonds is 4. The van der Waals surface area contributed by atoms with E-state index in [2.05, 4.69) is 6.58 Å². The summed E-state index contributed by atoms with van der Waals surface area (Å²) in [5.41, 5.74) is 4.67. The van der Waals surface area contributed by atoms with Crippen LogP contribution in [0.15, 0.2) is 12.7 Å². The van der Waals surface area contributed by atoms with Gasteiger partial charge in [0.05, 0.1) is 5.25 Å². The second-order valence-electron chi connectivity index (χ2n) is 4.26. The Balaban J connectivity index is 0.00000128. The fourth-order valence-corrected chi connectivity index (χ4v) is 2.92. The summed E-state index contributed by atoms with van der Waals surface area (Å²) in [5.74, 6) is -0.703. The summed E-state index contributed by atoms with van der Waals surface area (Å²) >= 11 is 0. The topological polar surface area (TPSA) is 89.3 Å². The molecule has 2 aliphatic rings. The van der Waals surface area contributed by atoms with Crippen molar-refractivity contribution in [1.82, 2.24) is 4.72 Å². The number of hydrogen-bond donors (Lipinski definition) is 2. The first-order valence-electron chi connectivity index (χ1n) is 4.87. The van der Waals surface area contributed by atoms with Gasteiger partial charge < -0.3 is 5.73 Å². The van der Waals surface area contributed by atoms with Crippen molar-refractivity contribution in [2.45, 2.75) is 30.1 Å². The zero-order chi connectivity index (χ0) is 11.3. The second-order valence-corrected chi connectivity index (χ2v) is 6.22. The number of halogens is 1. The highest BCUT2D eigenvalue weighted by atomic mass is 35.5. The Morgan fingerprint density at radius 3 is 2.44 bits per heavy atom. The number of sulfonamides is 1. The second kappa shape index (κ2) is 4.01. The molecule has 7 heteroatoms. The number of hydrogen-bond acceptors (Lipinski definition) is 4.